The maximum absolute atomic E-state index is 16.0. The second kappa shape index (κ2) is 11.6. The zero-order valence-corrected chi connectivity index (χ0v) is 23.5. The van der Waals surface area contributed by atoms with Crippen LogP contribution in [0.25, 0.3) is 11.2 Å². The Labute approximate surface area is 230 Å². The SMILES string of the molecule is CNc1nc(N)nc2c1ncn2[C@@H]1OC(CO[P@@](=O)(N[C@@H](C)C(=O)OC(C)C)Oc2ccccc2)[C@@H](O)[C@@]1(C)F. The average molecular weight is 582 g/mol. The van der Waals surface area contributed by atoms with Crippen LogP contribution in [0.3, 0.4) is 0 Å². The Morgan fingerprint density at radius 3 is 2.65 bits per heavy atom. The number of hydrogen-bond donors (Lipinski definition) is 4. The Morgan fingerprint density at radius 2 is 2.00 bits per heavy atom. The number of nitrogen functional groups attached to an aromatic ring is 1. The van der Waals surface area contributed by atoms with E-state index in [-0.39, 0.29) is 17.3 Å². The van der Waals surface area contributed by atoms with E-state index in [4.69, 9.17) is 24.3 Å². The van der Waals surface area contributed by atoms with Crippen LogP contribution >= 0.6 is 7.75 Å². The van der Waals surface area contributed by atoms with Gasteiger partial charge in [-0.05, 0) is 39.8 Å². The van der Waals surface area contributed by atoms with Crippen molar-refractivity contribution in [1.82, 2.24) is 24.6 Å². The smallest absolute Gasteiger partial charge is 0.459 e. The largest absolute Gasteiger partial charge is 0.462 e. The zero-order valence-electron chi connectivity index (χ0n) is 22.6. The van der Waals surface area contributed by atoms with Crippen molar-refractivity contribution < 1.29 is 37.4 Å². The van der Waals surface area contributed by atoms with E-state index < -0.39 is 56.6 Å². The minimum absolute atomic E-state index is 0.0761. The van der Waals surface area contributed by atoms with Gasteiger partial charge in [-0.2, -0.15) is 15.1 Å². The summed E-state index contributed by atoms with van der Waals surface area (Å²) in [4.78, 5) is 24.8. The first-order valence-corrected chi connectivity index (χ1v) is 14.1. The number of alkyl halides is 1. The second-order valence-electron chi connectivity index (χ2n) is 9.66. The Bertz CT molecular complexity index is 1390. The van der Waals surface area contributed by atoms with Gasteiger partial charge in [0.25, 0.3) is 0 Å². The normalized spacial score (nSPS) is 25.1. The molecule has 2 aromatic heterocycles. The molecule has 0 aliphatic carbocycles. The number of carbonyl (C=O) groups excluding carboxylic acids is 1. The summed E-state index contributed by atoms with van der Waals surface area (Å²) in [6.45, 7) is 5.37. The quantitative estimate of drug-likeness (QED) is 0.191. The Morgan fingerprint density at radius 1 is 1.30 bits per heavy atom. The number of nitrogens with one attached hydrogen (secondary N) is 2. The van der Waals surface area contributed by atoms with E-state index in [0.717, 1.165) is 6.92 Å². The van der Waals surface area contributed by atoms with Crippen molar-refractivity contribution in [3.05, 3.63) is 36.7 Å². The number of halogens is 1. The van der Waals surface area contributed by atoms with Crippen LogP contribution < -0.4 is 20.7 Å². The lowest BCUT2D eigenvalue weighted by Crippen LogP contribution is -2.41. The number of rotatable bonds is 11. The van der Waals surface area contributed by atoms with Crippen molar-refractivity contribution in [3.63, 3.8) is 0 Å². The lowest BCUT2D eigenvalue weighted by molar-refractivity contribution is -0.149. The van der Waals surface area contributed by atoms with E-state index in [9.17, 15) is 14.5 Å². The molecule has 0 spiro atoms. The maximum Gasteiger partial charge on any atom is 0.459 e. The van der Waals surface area contributed by atoms with Gasteiger partial charge in [0.1, 0.15) is 24.0 Å². The molecule has 1 saturated heterocycles. The molecule has 14 nitrogen and oxygen atoms in total. The van der Waals surface area contributed by atoms with Gasteiger partial charge in [-0.3, -0.25) is 13.9 Å². The molecule has 0 amide bonds. The highest BCUT2D eigenvalue weighted by Crippen LogP contribution is 2.48. The maximum atomic E-state index is 16.0. The number of aromatic nitrogens is 4. The summed E-state index contributed by atoms with van der Waals surface area (Å²) in [5.74, 6) is -0.243. The Hall–Kier alpha value is -3.36. The van der Waals surface area contributed by atoms with Crippen molar-refractivity contribution in [2.24, 2.45) is 0 Å². The van der Waals surface area contributed by atoms with Crippen LogP contribution in [-0.4, -0.2) is 74.3 Å². The fourth-order valence-electron chi connectivity index (χ4n) is 4.14. The molecule has 0 saturated carbocycles. The third-order valence-corrected chi connectivity index (χ3v) is 7.72. The van der Waals surface area contributed by atoms with Crippen LogP contribution in [0.5, 0.6) is 5.75 Å². The summed E-state index contributed by atoms with van der Waals surface area (Å²) in [7, 11) is -2.66. The number of aliphatic hydroxyl groups excluding tert-OH is 1. The van der Waals surface area contributed by atoms with E-state index in [2.05, 4.69) is 25.4 Å². The number of anilines is 2. The van der Waals surface area contributed by atoms with Gasteiger partial charge < -0.3 is 30.2 Å². The van der Waals surface area contributed by atoms with Crippen LogP contribution in [-0.2, 0) is 23.4 Å². The van der Waals surface area contributed by atoms with E-state index in [1.165, 1.54) is 17.8 Å². The first-order valence-electron chi connectivity index (χ1n) is 12.5. The molecule has 218 valence electrons. The lowest BCUT2D eigenvalue weighted by atomic mass is 9.98. The predicted molar refractivity (Wildman–Crippen MR) is 143 cm³/mol. The molecule has 3 aromatic rings. The predicted octanol–water partition coefficient (Wildman–Crippen LogP) is 2.57. The highest BCUT2D eigenvalue weighted by atomic mass is 31.2. The third-order valence-electron chi connectivity index (χ3n) is 6.08. The minimum atomic E-state index is -4.28. The molecule has 0 radical (unpaired) electrons. The van der Waals surface area contributed by atoms with Gasteiger partial charge in [-0.25, -0.2) is 13.9 Å². The van der Waals surface area contributed by atoms with E-state index in [1.54, 1.807) is 51.2 Å². The van der Waals surface area contributed by atoms with Crippen LogP contribution in [0.2, 0.25) is 0 Å². The third kappa shape index (κ3) is 6.18. The number of nitrogens with two attached hydrogens (primary N) is 1. The molecule has 3 heterocycles. The van der Waals surface area contributed by atoms with Gasteiger partial charge in [0.2, 0.25) is 5.95 Å². The zero-order chi connectivity index (χ0) is 29.2. The molecule has 1 unspecified atom stereocenters. The van der Waals surface area contributed by atoms with Crippen molar-refractivity contribution >= 4 is 36.6 Å². The number of aliphatic hydroxyl groups is 1. The summed E-state index contributed by atoms with van der Waals surface area (Å²) in [5, 5.41) is 16.2. The van der Waals surface area contributed by atoms with Gasteiger partial charge in [-0.1, -0.05) is 18.2 Å². The van der Waals surface area contributed by atoms with Gasteiger partial charge in [0.15, 0.2) is 28.9 Å². The number of hydrogen-bond acceptors (Lipinski definition) is 12. The summed E-state index contributed by atoms with van der Waals surface area (Å²) in [6.07, 6.45) is -3.52. The summed E-state index contributed by atoms with van der Waals surface area (Å²) < 4.78 is 53.2. The molecule has 1 aliphatic heterocycles. The molecule has 40 heavy (non-hydrogen) atoms. The minimum Gasteiger partial charge on any atom is -0.462 e. The first-order chi connectivity index (χ1) is 18.8. The van der Waals surface area contributed by atoms with Gasteiger partial charge in [-0.15, -0.1) is 0 Å². The molecule has 0 bridgehead atoms. The molecule has 1 aliphatic rings. The highest BCUT2D eigenvalue weighted by molar-refractivity contribution is 7.52. The molecule has 5 N–H and O–H groups in total. The van der Waals surface area contributed by atoms with Crippen molar-refractivity contribution in [1.29, 1.82) is 0 Å². The standard InChI is InChI=1S/C24H33FN7O7P/c1-13(2)37-21(34)14(3)31-40(35,39-15-9-7-6-8-10-15)36-11-16-18(33)24(4,25)22(38-16)32-12-28-17-19(27-5)29-23(26)30-20(17)32/h6-10,12-14,16,18,22,33H,11H2,1-5H3,(H,31,35)(H3,26,27,29,30)/t14-,16?,18+,22+,24+,40-/m0/s1. The van der Waals surface area contributed by atoms with Crippen molar-refractivity contribution in [2.45, 2.75) is 63.9 Å². The lowest BCUT2D eigenvalue weighted by Gasteiger charge is -2.25. The summed E-state index contributed by atoms with van der Waals surface area (Å²) in [6, 6.07) is 7.05. The molecule has 16 heteroatoms. The van der Waals surface area contributed by atoms with Gasteiger partial charge in [0, 0.05) is 7.05 Å². The average Bonchev–Trinajstić information content (AvgIpc) is 3.40. The fraction of sp³-hybridized carbons (Fsp3) is 0.500. The second-order valence-corrected chi connectivity index (χ2v) is 11.4. The van der Waals surface area contributed by atoms with Crippen LogP contribution in [0.15, 0.2) is 36.7 Å². The Kier molecular flexibility index (Phi) is 8.61. The first kappa shape index (κ1) is 29.6. The molecule has 1 aromatic carbocycles. The molecule has 1 fully saturated rings. The van der Waals surface area contributed by atoms with Crippen molar-refractivity contribution in [2.75, 3.05) is 24.7 Å². The van der Waals surface area contributed by atoms with Gasteiger partial charge in [0.05, 0.1) is 19.0 Å². The number of benzene rings is 1. The monoisotopic (exact) mass is 581 g/mol. The van der Waals surface area contributed by atoms with E-state index in [0.29, 0.717) is 11.3 Å². The Balaban J connectivity index is 1.56. The van der Waals surface area contributed by atoms with Crippen LogP contribution in [0, 0.1) is 0 Å². The van der Waals surface area contributed by atoms with Crippen LogP contribution in [0.1, 0.15) is 33.9 Å². The van der Waals surface area contributed by atoms with Gasteiger partial charge >= 0.3 is 13.7 Å². The number of para-hydroxylation sites is 1. The number of nitrogens with zero attached hydrogens (tertiary/aromatic N) is 4. The number of imidazole rings is 1. The van der Waals surface area contributed by atoms with E-state index in [1.807, 2.05) is 0 Å². The number of esters is 1. The fourth-order valence-corrected chi connectivity index (χ4v) is 5.64. The van der Waals surface area contributed by atoms with Crippen LogP contribution in [0.4, 0.5) is 16.2 Å². The number of carbonyl (C=O) groups is 1. The molecular weight excluding hydrogens is 548 g/mol. The topological polar surface area (TPSA) is 185 Å². The molecular formula is C24H33FN7O7P. The molecule has 6 atom stereocenters. The van der Waals surface area contributed by atoms with Crippen molar-refractivity contribution in [3.8, 4) is 5.75 Å². The summed E-state index contributed by atoms with van der Waals surface area (Å²) in [5.41, 5.74) is 3.94. The summed E-state index contributed by atoms with van der Waals surface area (Å²) >= 11 is 0. The number of ether oxygens (including phenoxy) is 2. The highest BCUT2D eigenvalue weighted by Gasteiger charge is 2.56. The van der Waals surface area contributed by atoms with E-state index >= 15 is 4.39 Å². The molecule has 4 rings (SSSR count). The number of fused-ring (bicyclic) bond motifs is 1.